The van der Waals surface area contributed by atoms with Gasteiger partial charge in [-0.15, -0.1) is 0 Å². The number of rotatable bonds is 2. The molecule has 2 fully saturated rings. The molecule has 2 aliphatic carbocycles. The van der Waals surface area contributed by atoms with E-state index in [1.807, 2.05) is 24.3 Å². The van der Waals surface area contributed by atoms with Crippen LogP contribution in [0.5, 0.6) is 0 Å². The number of nitrogens with zero attached hydrogens (tertiary/aromatic N) is 1. The molecule has 1 atom stereocenters. The van der Waals surface area contributed by atoms with Gasteiger partial charge < -0.3 is 14.7 Å². The Bertz CT molecular complexity index is 795. The average Bonchev–Trinajstić information content (AvgIpc) is 2.92. The van der Waals surface area contributed by atoms with Crippen molar-refractivity contribution in [2.45, 2.75) is 24.9 Å². The molecule has 5 rings (SSSR count). The standard InChI is InChI=1S/C21H21NO3/c23-19-9-10-21(19)12-22(13-21)20(24)25-11-18-16-7-3-1-5-14(16)15-6-2-4-8-17(15)18/h1-8,18-19,23H,9-13H2. The summed E-state index contributed by atoms with van der Waals surface area (Å²) < 4.78 is 5.65. The molecule has 1 saturated carbocycles. The predicted octanol–water partition coefficient (Wildman–Crippen LogP) is 3.39. The maximum Gasteiger partial charge on any atom is 0.409 e. The van der Waals surface area contributed by atoms with Crippen LogP contribution < -0.4 is 0 Å². The van der Waals surface area contributed by atoms with Gasteiger partial charge in [0, 0.05) is 24.4 Å². The Balaban J connectivity index is 1.29. The molecule has 2 aromatic rings. The van der Waals surface area contributed by atoms with Crippen molar-refractivity contribution in [2.24, 2.45) is 5.41 Å². The second-order valence-corrected chi connectivity index (χ2v) is 7.58. The molecular formula is C21H21NO3. The summed E-state index contributed by atoms with van der Waals surface area (Å²) in [4.78, 5) is 14.1. The number of likely N-dealkylation sites (tertiary alicyclic amines) is 1. The largest absolute Gasteiger partial charge is 0.448 e. The van der Waals surface area contributed by atoms with Gasteiger partial charge in [0.05, 0.1) is 6.10 Å². The van der Waals surface area contributed by atoms with Crippen LogP contribution in [0, 0.1) is 5.41 Å². The van der Waals surface area contributed by atoms with Crippen LogP contribution in [0.25, 0.3) is 11.1 Å². The third kappa shape index (κ3) is 2.13. The van der Waals surface area contributed by atoms with Crippen molar-refractivity contribution in [1.82, 2.24) is 4.90 Å². The monoisotopic (exact) mass is 335 g/mol. The smallest absolute Gasteiger partial charge is 0.409 e. The van der Waals surface area contributed by atoms with Crippen LogP contribution in [0.2, 0.25) is 0 Å². The fraction of sp³-hybridized carbons (Fsp3) is 0.381. The zero-order valence-electron chi connectivity index (χ0n) is 14.0. The number of carbonyl (C=O) groups is 1. The number of aliphatic hydroxyl groups excluding tert-OH is 1. The first-order valence-corrected chi connectivity index (χ1v) is 8.96. The van der Waals surface area contributed by atoms with Crippen LogP contribution in [0.1, 0.15) is 29.9 Å². The highest BCUT2D eigenvalue weighted by molar-refractivity contribution is 5.79. The van der Waals surface area contributed by atoms with Crippen LogP contribution in [0.4, 0.5) is 4.79 Å². The molecule has 4 heteroatoms. The molecule has 1 amide bonds. The number of ether oxygens (including phenoxy) is 1. The first-order chi connectivity index (χ1) is 12.2. The third-order valence-electron chi connectivity index (χ3n) is 6.23. The molecule has 2 aromatic carbocycles. The molecule has 1 unspecified atom stereocenters. The number of carbonyl (C=O) groups excluding carboxylic acids is 1. The van der Waals surface area contributed by atoms with Gasteiger partial charge in [-0.2, -0.15) is 0 Å². The highest BCUT2D eigenvalue weighted by Gasteiger charge is 2.56. The van der Waals surface area contributed by atoms with E-state index >= 15 is 0 Å². The summed E-state index contributed by atoms with van der Waals surface area (Å²) in [6.07, 6.45) is 1.37. The lowest BCUT2D eigenvalue weighted by molar-refractivity contribution is -0.148. The highest BCUT2D eigenvalue weighted by Crippen LogP contribution is 2.49. The summed E-state index contributed by atoms with van der Waals surface area (Å²) >= 11 is 0. The van der Waals surface area contributed by atoms with Crippen LogP contribution in [-0.4, -0.2) is 41.9 Å². The number of amides is 1. The minimum atomic E-state index is -0.258. The van der Waals surface area contributed by atoms with Gasteiger partial charge in [-0.1, -0.05) is 48.5 Å². The molecule has 0 bridgehead atoms. The van der Waals surface area contributed by atoms with Gasteiger partial charge in [0.15, 0.2) is 0 Å². The minimum absolute atomic E-state index is 0.0361. The average molecular weight is 335 g/mol. The Morgan fingerprint density at radius 2 is 1.68 bits per heavy atom. The predicted molar refractivity (Wildman–Crippen MR) is 94.3 cm³/mol. The maximum atomic E-state index is 12.4. The minimum Gasteiger partial charge on any atom is -0.448 e. The van der Waals surface area contributed by atoms with Gasteiger partial charge in [-0.3, -0.25) is 0 Å². The van der Waals surface area contributed by atoms with E-state index in [2.05, 4.69) is 24.3 Å². The molecule has 128 valence electrons. The third-order valence-corrected chi connectivity index (χ3v) is 6.23. The Kier molecular flexibility index (Phi) is 3.19. The molecule has 4 nitrogen and oxygen atoms in total. The van der Waals surface area contributed by atoms with E-state index in [-0.39, 0.29) is 23.5 Å². The Hall–Kier alpha value is -2.33. The summed E-state index contributed by atoms with van der Waals surface area (Å²) in [7, 11) is 0. The first-order valence-electron chi connectivity index (χ1n) is 8.96. The molecule has 1 aliphatic heterocycles. The summed E-state index contributed by atoms with van der Waals surface area (Å²) in [5.41, 5.74) is 4.89. The topological polar surface area (TPSA) is 49.8 Å². The zero-order chi connectivity index (χ0) is 17.0. The van der Waals surface area contributed by atoms with E-state index in [9.17, 15) is 9.90 Å². The van der Waals surface area contributed by atoms with Crippen molar-refractivity contribution in [2.75, 3.05) is 19.7 Å². The Morgan fingerprint density at radius 3 is 2.20 bits per heavy atom. The van der Waals surface area contributed by atoms with Crippen molar-refractivity contribution in [3.63, 3.8) is 0 Å². The first kappa shape index (κ1) is 15.0. The van der Waals surface area contributed by atoms with Crippen LogP contribution in [0.15, 0.2) is 48.5 Å². The van der Waals surface area contributed by atoms with Crippen molar-refractivity contribution >= 4 is 6.09 Å². The molecule has 1 N–H and O–H groups in total. The lowest BCUT2D eigenvalue weighted by Crippen LogP contribution is -2.67. The van der Waals surface area contributed by atoms with Gasteiger partial charge in [0.25, 0.3) is 0 Å². The van der Waals surface area contributed by atoms with E-state index < -0.39 is 0 Å². The van der Waals surface area contributed by atoms with Gasteiger partial charge in [-0.25, -0.2) is 4.79 Å². The van der Waals surface area contributed by atoms with Crippen molar-refractivity contribution in [3.05, 3.63) is 59.7 Å². The van der Waals surface area contributed by atoms with Gasteiger partial charge in [0.1, 0.15) is 6.61 Å². The molecule has 25 heavy (non-hydrogen) atoms. The maximum absolute atomic E-state index is 12.4. The quantitative estimate of drug-likeness (QED) is 0.915. The second-order valence-electron chi connectivity index (χ2n) is 7.58. The van der Waals surface area contributed by atoms with Crippen LogP contribution in [0.3, 0.4) is 0 Å². The number of benzene rings is 2. The summed E-state index contributed by atoms with van der Waals surface area (Å²) in [5.74, 6) is 0.0980. The number of fused-ring (bicyclic) bond motifs is 3. The lowest BCUT2D eigenvalue weighted by Gasteiger charge is -2.58. The van der Waals surface area contributed by atoms with E-state index in [1.165, 1.54) is 22.3 Å². The van der Waals surface area contributed by atoms with Crippen LogP contribution >= 0.6 is 0 Å². The van der Waals surface area contributed by atoms with Gasteiger partial charge in [0.2, 0.25) is 0 Å². The van der Waals surface area contributed by atoms with E-state index in [0.29, 0.717) is 19.7 Å². The normalized spacial score (nSPS) is 22.8. The lowest BCUT2D eigenvalue weighted by atomic mass is 9.61. The Morgan fingerprint density at radius 1 is 1.08 bits per heavy atom. The van der Waals surface area contributed by atoms with E-state index in [1.54, 1.807) is 4.90 Å². The molecule has 3 aliphatic rings. The zero-order valence-corrected chi connectivity index (χ0v) is 14.0. The number of hydrogen-bond donors (Lipinski definition) is 1. The molecule has 1 heterocycles. The van der Waals surface area contributed by atoms with E-state index in [4.69, 9.17) is 4.74 Å². The molecule has 0 radical (unpaired) electrons. The SMILES string of the molecule is O=C(OCC1c2ccccc2-c2ccccc21)N1CC2(CCC2O)C1. The number of hydrogen-bond acceptors (Lipinski definition) is 3. The highest BCUT2D eigenvalue weighted by atomic mass is 16.6. The van der Waals surface area contributed by atoms with Crippen LogP contribution in [-0.2, 0) is 4.74 Å². The second kappa shape index (κ2) is 5.33. The van der Waals surface area contributed by atoms with E-state index in [0.717, 1.165) is 12.8 Å². The van der Waals surface area contributed by atoms with Gasteiger partial charge in [-0.05, 0) is 35.1 Å². The number of aliphatic hydroxyl groups is 1. The fourth-order valence-corrected chi connectivity index (χ4v) is 4.58. The summed E-state index contributed by atoms with van der Waals surface area (Å²) in [6, 6.07) is 16.7. The summed E-state index contributed by atoms with van der Waals surface area (Å²) in [5, 5.41) is 9.86. The Labute approximate surface area is 147 Å². The fourth-order valence-electron chi connectivity index (χ4n) is 4.58. The van der Waals surface area contributed by atoms with Crippen molar-refractivity contribution in [1.29, 1.82) is 0 Å². The molecule has 0 aromatic heterocycles. The molecule has 1 saturated heterocycles. The van der Waals surface area contributed by atoms with Gasteiger partial charge >= 0.3 is 6.09 Å². The summed E-state index contributed by atoms with van der Waals surface area (Å²) in [6.45, 7) is 1.62. The van der Waals surface area contributed by atoms with Crippen molar-refractivity contribution < 1.29 is 14.6 Å². The van der Waals surface area contributed by atoms with Crippen molar-refractivity contribution in [3.8, 4) is 11.1 Å². The molecule has 1 spiro atoms. The molecular weight excluding hydrogens is 314 g/mol.